The molecule has 3 aliphatic rings. The molecule has 5 heterocycles. The van der Waals surface area contributed by atoms with Gasteiger partial charge in [-0.05, 0) is 37.8 Å². The SMILES string of the molecule is CC(C)C(=O)N1CCN(c2cc(S(=O)(=O)NC3(C#N)CC3)cn3c(-c4cc5n(n4)CCCC5O)cnc23)CC1. The van der Waals surface area contributed by atoms with Crippen molar-refractivity contribution in [1.82, 2.24) is 28.8 Å². The van der Waals surface area contributed by atoms with Crippen molar-refractivity contribution in [3.63, 3.8) is 0 Å². The van der Waals surface area contributed by atoms with Crippen LogP contribution in [0.2, 0.25) is 0 Å². The Bertz CT molecular complexity index is 1590. The van der Waals surface area contributed by atoms with Gasteiger partial charge in [0, 0.05) is 44.8 Å². The lowest BCUT2D eigenvalue weighted by molar-refractivity contribution is -0.134. The Hall–Kier alpha value is -3.47. The number of imidazole rings is 1. The number of aliphatic hydroxyl groups excluding tert-OH is 1. The van der Waals surface area contributed by atoms with Crippen molar-refractivity contribution in [1.29, 1.82) is 5.26 Å². The Balaban J connectivity index is 1.43. The third-order valence-electron chi connectivity index (χ3n) is 7.85. The summed E-state index contributed by atoms with van der Waals surface area (Å²) in [5.74, 6) is 0.00684. The average molecular weight is 553 g/mol. The largest absolute Gasteiger partial charge is 0.387 e. The van der Waals surface area contributed by atoms with Crippen LogP contribution in [-0.4, -0.2) is 75.2 Å². The molecule has 1 saturated heterocycles. The molecule has 1 aliphatic carbocycles. The first-order valence-corrected chi connectivity index (χ1v) is 14.9. The van der Waals surface area contributed by atoms with Gasteiger partial charge in [-0.1, -0.05) is 13.8 Å². The van der Waals surface area contributed by atoms with Gasteiger partial charge in [-0.25, -0.2) is 13.4 Å². The molecule has 0 bridgehead atoms. The van der Waals surface area contributed by atoms with Gasteiger partial charge in [0.1, 0.15) is 16.1 Å². The fourth-order valence-corrected chi connectivity index (χ4v) is 6.80. The highest BCUT2D eigenvalue weighted by Crippen LogP contribution is 2.37. The lowest BCUT2D eigenvalue weighted by Gasteiger charge is -2.37. The molecule has 206 valence electrons. The zero-order valence-corrected chi connectivity index (χ0v) is 22.9. The van der Waals surface area contributed by atoms with Gasteiger partial charge in [-0.2, -0.15) is 15.1 Å². The number of anilines is 1. The number of rotatable bonds is 6. The lowest BCUT2D eigenvalue weighted by atomic mass is 10.1. The Morgan fingerprint density at radius 2 is 1.95 bits per heavy atom. The number of hydrogen-bond acceptors (Lipinski definition) is 8. The molecule has 2 aliphatic heterocycles. The van der Waals surface area contributed by atoms with Gasteiger partial charge in [-0.3, -0.25) is 13.9 Å². The maximum absolute atomic E-state index is 13.5. The number of piperazine rings is 1. The average Bonchev–Trinajstić information content (AvgIpc) is 3.33. The first-order valence-electron chi connectivity index (χ1n) is 13.4. The number of hydrogen-bond donors (Lipinski definition) is 2. The maximum Gasteiger partial charge on any atom is 0.243 e. The molecule has 0 radical (unpaired) electrons. The van der Waals surface area contributed by atoms with Gasteiger partial charge in [0.25, 0.3) is 0 Å². The van der Waals surface area contributed by atoms with Crippen molar-refractivity contribution >= 4 is 27.3 Å². The van der Waals surface area contributed by atoms with Crippen molar-refractivity contribution in [2.75, 3.05) is 31.1 Å². The van der Waals surface area contributed by atoms with E-state index >= 15 is 0 Å². The third kappa shape index (κ3) is 4.56. The first-order chi connectivity index (χ1) is 18.6. The Kier molecular flexibility index (Phi) is 6.16. The van der Waals surface area contributed by atoms with E-state index in [-0.39, 0.29) is 16.7 Å². The number of nitriles is 1. The van der Waals surface area contributed by atoms with E-state index < -0.39 is 21.7 Å². The van der Waals surface area contributed by atoms with Crippen LogP contribution in [-0.2, 0) is 21.4 Å². The number of nitrogens with one attached hydrogen (secondary N) is 1. The van der Waals surface area contributed by atoms with Crippen molar-refractivity contribution in [2.24, 2.45) is 5.92 Å². The normalized spacial score (nSPS) is 20.7. The van der Waals surface area contributed by atoms with E-state index in [9.17, 15) is 23.6 Å². The number of carbonyl (C=O) groups excluding carboxylic acids is 1. The minimum absolute atomic E-state index is 0.0236. The molecule has 1 unspecified atom stereocenters. The molecular formula is C26H32N8O4S. The third-order valence-corrected chi connectivity index (χ3v) is 9.36. The Morgan fingerprint density at radius 3 is 2.59 bits per heavy atom. The number of aliphatic hydroxyl groups is 1. The monoisotopic (exact) mass is 552 g/mol. The van der Waals surface area contributed by atoms with Crippen LogP contribution < -0.4 is 9.62 Å². The minimum atomic E-state index is -4.02. The molecule has 6 rings (SSSR count). The molecule has 1 atom stereocenters. The van der Waals surface area contributed by atoms with Crippen LogP contribution in [0.3, 0.4) is 0 Å². The summed E-state index contributed by atoms with van der Waals surface area (Å²) in [7, 11) is -4.02. The highest BCUT2D eigenvalue weighted by atomic mass is 32.2. The smallest absolute Gasteiger partial charge is 0.243 e. The van der Waals surface area contributed by atoms with E-state index in [0.29, 0.717) is 74.7 Å². The van der Waals surface area contributed by atoms with Crippen LogP contribution in [0.25, 0.3) is 17.0 Å². The van der Waals surface area contributed by atoms with Crippen molar-refractivity contribution in [2.45, 2.75) is 62.6 Å². The predicted octanol–water partition coefficient (Wildman–Crippen LogP) is 1.66. The minimum Gasteiger partial charge on any atom is -0.387 e. The Labute approximate surface area is 226 Å². The van der Waals surface area contributed by atoms with Gasteiger partial charge in [0.2, 0.25) is 15.9 Å². The van der Waals surface area contributed by atoms with Gasteiger partial charge >= 0.3 is 0 Å². The van der Waals surface area contributed by atoms with Crippen LogP contribution >= 0.6 is 0 Å². The van der Waals surface area contributed by atoms with Crippen molar-refractivity contribution in [3.8, 4) is 17.5 Å². The van der Waals surface area contributed by atoms with Crippen LogP contribution in [0.5, 0.6) is 0 Å². The molecular weight excluding hydrogens is 520 g/mol. The molecule has 12 nitrogen and oxygen atoms in total. The molecule has 39 heavy (non-hydrogen) atoms. The van der Waals surface area contributed by atoms with E-state index in [1.165, 1.54) is 6.20 Å². The van der Waals surface area contributed by atoms with Gasteiger partial charge in [0.05, 0.1) is 35.4 Å². The van der Waals surface area contributed by atoms with E-state index in [2.05, 4.69) is 20.9 Å². The highest BCUT2D eigenvalue weighted by Gasteiger charge is 2.47. The zero-order valence-electron chi connectivity index (χ0n) is 22.0. The van der Waals surface area contributed by atoms with E-state index in [1.807, 2.05) is 29.7 Å². The van der Waals surface area contributed by atoms with Gasteiger partial charge in [0.15, 0.2) is 5.65 Å². The lowest BCUT2D eigenvalue weighted by Crippen LogP contribution is -2.50. The summed E-state index contributed by atoms with van der Waals surface area (Å²) in [6, 6.07) is 5.52. The molecule has 1 saturated carbocycles. The molecule has 1 amide bonds. The van der Waals surface area contributed by atoms with E-state index in [0.717, 1.165) is 12.1 Å². The zero-order chi connectivity index (χ0) is 27.5. The molecule has 2 N–H and O–H groups in total. The number of amides is 1. The predicted molar refractivity (Wildman–Crippen MR) is 142 cm³/mol. The molecule has 2 fully saturated rings. The summed E-state index contributed by atoms with van der Waals surface area (Å²) in [4.78, 5) is 21.1. The summed E-state index contributed by atoms with van der Waals surface area (Å²) in [6.07, 6.45) is 5.03. The topological polar surface area (TPSA) is 149 Å². The molecule has 13 heteroatoms. The molecule has 0 aromatic carbocycles. The second kappa shape index (κ2) is 9.32. The fraction of sp³-hybridized carbons (Fsp3) is 0.538. The summed E-state index contributed by atoms with van der Waals surface area (Å²) >= 11 is 0. The summed E-state index contributed by atoms with van der Waals surface area (Å²) in [5, 5.41) is 24.6. The first kappa shape index (κ1) is 25.8. The second-order valence-corrected chi connectivity index (χ2v) is 12.7. The molecule has 3 aromatic rings. The van der Waals surface area contributed by atoms with Crippen LogP contribution in [0.1, 0.15) is 51.3 Å². The summed E-state index contributed by atoms with van der Waals surface area (Å²) in [5.41, 5.74) is 2.06. The van der Waals surface area contributed by atoms with Crippen LogP contribution in [0, 0.1) is 17.2 Å². The summed E-state index contributed by atoms with van der Waals surface area (Å²) in [6.45, 7) is 6.57. The number of carbonyl (C=O) groups is 1. The number of aromatic nitrogens is 4. The fourth-order valence-electron chi connectivity index (χ4n) is 5.41. The maximum atomic E-state index is 13.5. The molecule has 0 spiro atoms. The standard InChI is InChI=1S/C26H32N8O4S/c1-17(2)25(36)32-10-8-31(9-11-32)21-12-18(39(37,38)30-26(16-27)5-6-26)15-33-22(14-28-24(21)33)19-13-20-23(35)4-3-7-34(20)29-19/h12-15,17,23,30,35H,3-11H2,1-2H3. The van der Waals surface area contributed by atoms with Gasteiger partial charge in [-0.15, -0.1) is 0 Å². The number of sulfonamides is 1. The quantitative estimate of drug-likeness (QED) is 0.469. The number of pyridine rings is 1. The molecule has 3 aromatic heterocycles. The van der Waals surface area contributed by atoms with Crippen LogP contribution in [0.15, 0.2) is 29.4 Å². The highest BCUT2D eigenvalue weighted by molar-refractivity contribution is 7.89. The number of nitrogens with zero attached hydrogens (tertiary/aromatic N) is 7. The van der Waals surface area contributed by atoms with Crippen molar-refractivity contribution in [3.05, 3.63) is 30.2 Å². The van der Waals surface area contributed by atoms with Crippen molar-refractivity contribution < 1.29 is 18.3 Å². The van der Waals surface area contributed by atoms with Gasteiger partial charge < -0.3 is 14.9 Å². The van der Waals surface area contributed by atoms with Crippen LogP contribution in [0.4, 0.5) is 5.69 Å². The Morgan fingerprint density at radius 1 is 1.21 bits per heavy atom. The number of aryl methyl sites for hydroxylation is 1. The van der Waals surface area contributed by atoms with E-state index in [1.54, 1.807) is 21.3 Å². The summed E-state index contributed by atoms with van der Waals surface area (Å²) < 4.78 is 33.1. The number of fused-ring (bicyclic) bond motifs is 2. The van der Waals surface area contributed by atoms with E-state index in [4.69, 9.17) is 0 Å². The second-order valence-electron chi connectivity index (χ2n) is 11.0.